The zero-order valence-electron chi connectivity index (χ0n) is 14.7. The Morgan fingerprint density at radius 3 is 0.429 bits per heavy atom. The van der Waals surface area contributed by atoms with E-state index in [1.54, 1.807) is 0 Å². The monoisotopic (exact) mass is 660 g/mol. The quantitative estimate of drug-likeness (QED) is 0.103. The molecule has 0 radical (unpaired) electrons. The number of hydrogen-bond acceptors (Lipinski definition) is 9. The summed E-state index contributed by atoms with van der Waals surface area (Å²) in [7, 11) is -23.4. The van der Waals surface area contributed by atoms with Crippen molar-refractivity contribution in [1.29, 1.82) is 0 Å². The van der Waals surface area contributed by atoms with E-state index in [-0.39, 0.29) is 0 Å². The second-order valence-electron chi connectivity index (χ2n) is 3.79. The van der Waals surface area contributed by atoms with Gasteiger partial charge >= 0.3 is 86.0 Å². The second-order valence-corrected chi connectivity index (χ2v) is 9.65. The van der Waals surface area contributed by atoms with Crippen LogP contribution in [-0.4, -0.2) is 93.6 Å². The molecule has 216 valence electrons. The Kier molecular flexibility index (Phi) is 18.4. The van der Waals surface area contributed by atoms with Gasteiger partial charge in [-0.1, -0.05) is 0 Å². The molecular formula is C4H5AlF12O14S4. The zero-order chi connectivity index (χ0) is 30.7. The molecule has 0 unspecified atom stereocenters. The summed E-state index contributed by atoms with van der Waals surface area (Å²) in [5.74, 6) is 0. The molecule has 0 spiro atoms. The van der Waals surface area contributed by atoms with Crippen LogP contribution in [0.3, 0.4) is 0 Å². The predicted octanol–water partition coefficient (Wildman–Crippen LogP) is 0.519. The molecule has 0 amide bonds. The molecule has 0 saturated heterocycles. The average molecular weight is 660 g/mol. The third-order valence-corrected chi connectivity index (χ3v) is 3.51. The van der Waals surface area contributed by atoms with Crippen LogP contribution in [0.2, 0.25) is 0 Å². The van der Waals surface area contributed by atoms with E-state index in [1.807, 2.05) is 0 Å². The molecule has 0 heterocycles. The zero-order valence-corrected chi connectivity index (χ0v) is 19.1. The molecule has 14 nitrogen and oxygen atoms in total. The van der Waals surface area contributed by atoms with E-state index in [1.165, 1.54) is 0 Å². The number of rotatable bonds is 0. The van der Waals surface area contributed by atoms with E-state index < -0.39 is 78.0 Å². The number of halogens is 12. The summed E-state index contributed by atoms with van der Waals surface area (Å²) >= 11 is -1.50. The van der Waals surface area contributed by atoms with Crippen LogP contribution in [0.1, 0.15) is 0 Å². The van der Waals surface area contributed by atoms with Crippen LogP contribution < -0.4 is 0 Å². The Balaban J connectivity index is -0.000000110. The second kappa shape index (κ2) is 14.6. The molecule has 0 aliphatic carbocycles. The van der Waals surface area contributed by atoms with Gasteiger partial charge in [-0.3, -0.25) is 18.2 Å². The summed E-state index contributed by atoms with van der Waals surface area (Å²) in [6, 6.07) is 0. The van der Waals surface area contributed by atoms with E-state index in [9.17, 15) is 52.7 Å². The molecule has 0 aliphatic rings. The Hall–Kier alpha value is -1.07. The molecule has 0 aromatic heterocycles. The van der Waals surface area contributed by atoms with Gasteiger partial charge in [0.15, 0.2) is 0 Å². The average Bonchev–Trinajstić information content (AvgIpc) is 2.40. The predicted molar refractivity (Wildman–Crippen MR) is 79.1 cm³/mol. The molecule has 0 aromatic carbocycles. The minimum absolute atomic E-state index is 1.50. The Bertz CT molecular complexity index is 876. The molecule has 0 atom stereocenters. The summed E-state index contributed by atoms with van der Waals surface area (Å²) in [5, 5.41) is 0. The van der Waals surface area contributed by atoms with E-state index in [0.29, 0.717) is 0 Å². The molecule has 0 bridgehead atoms. The van der Waals surface area contributed by atoms with Crippen molar-refractivity contribution < 1.29 is 113 Å². The fraction of sp³-hybridized carbons (Fsp3) is 1.00. The summed E-state index contributed by atoms with van der Waals surface area (Å²) in [6.45, 7) is 0. The van der Waals surface area contributed by atoms with Crippen molar-refractivity contribution in [3.63, 3.8) is 0 Å². The standard InChI is InChI=1S/4CHF3O3S.Al.H2O.O/c4*2-1(3,4)8(5,6)7;;;/h4*(H,5,6,7);;1H2;/q;;;;+1;;/p-1. The van der Waals surface area contributed by atoms with Crippen LogP contribution in [0.25, 0.3) is 0 Å². The summed E-state index contributed by atoms with van der Waals surface area (Å²) in [5.41, 5.74) is -22.1. The summed E-state index contributed by atoms with van der Waals surface area (Å²) < 4.78 is 246. The molecule has 31 heteroatoms. The normalized spacial score (nSPS) is 13.0. The van der Waals surface area contributed by atoms with E-state index in [2.05, 4.69) is 0 Å². The van der Waals surface area contributed by atoms with Gasteiger partial charge in [-0.2, -0.15) is 86.4 Å². The van der Waals surface area contributed by atoms with E-state index >= 15 is 0 Å². The fourth-order valence-electron chi connectivity index (χ4n) is 0. The summed E-state index contributed by atoms with van der Waals surface area (Å²) in [6.07, 6.45) is 0. The van der Waals surface area contributed by atoms with Crippen LogP contribution in [-0.2, 0) is 44.3 Å². The first kappa shape index (κ1) is 44.0. The van der Waals surface area contributed by atoms with Crippen LogP contribution in [0.5, 0.6) is 0 Å². The molecule has 0 aromatic rings. The molecule has 35 heavy (non-hydrogen) atoms. The molecular weight excluding hydrogens is 655 g/mol. The maximum atomic E-state index is 10.7. The first-order valence-electron chi connectivity index (χ1n) is 5.64. The number of alkyl halides is 12. The number of hydrogen-bond donors (Lipinski definition) is 5. The van der Waals surface area contributed by atoms with Crippen molar-refractivity contribution in [2.75, 3.05) is 0 Å². The van der Waals surface area contributed by atoms with Crippen molar-refractivity contribution in [3.8, 4) is 0 Å². The van der Waals surface area contributed by atoms with Gasteiger partial charge in [0.05, 0.1) is 0 Å². The first-order valence-corrected chi connectivity index (χ1v) is 12.4. The maximum absolute atomic E-state index is 10.7. The first-order chi connectivity index (χ1) is 14.4. The van der Waals surface area contributed by atoms with Crippen LogP contribution in [0.15, 0.2) is 0 Å². The Morgan fingerprint density at radius 1 is 0.400 bits per heavy atom. The molecule has 0 saturated carbocycles. The van der Waals surface area contributed by atoms with Gasteiger partial charge in [-0.25, -0.2) is 0 Å². The van der Waals surface area contributed by atoms with Crippen molar-refractivity contribution in [2.45, 2.75) is 22.0 Å². The van der Waals surface area contributed by atoms with Crippen molar-refractivity contribution >= 4 is 56.0 Å². The van der Waals surface area contributed by atoms with Crippen molar-refractivity contribution in [3.05, 3.63) is 0 Å². The SMILES string of the molecule is O=S(=O)(O)C(F)(F)F.O=S(=O)(O)C(F)(F)F.O=S(=O)(O)C(F)(F)F.O=S(=O)(O)C(F)(F)F.[O]=[Al][OH]. The van der Waals surface area contributed by atoms with Crippen LogP contribution in [0.4, 0.5) is 52.7 Å². The minimum atomic E-state index is -5.84. The Labute approximate surface area is 190 Å². The van der Waals surface area contributed by atoms with Crippen LogP contribution >= 0.6 is 0 Å². The molecule has 0 rings (SSSR count). The summed E-state index contributed by atoms with van der Waals surface area (Å²) in [4.78, 5) is 0. The molecule has 5 N–H and O–H groups in total. The van der Waals surface area contributed by atoms with Gasteiger partial charge in [0, 0.05) is 0 Å². The van der Waals surface area contributed by atoms with Crippen molar-refractivity contribution in [1.82, 2.24) is 0 Å². The van der Waals surface area contributed by atoms with Crippen LogP contribution in [0, 0.1) is 0 Å². The molecule has 0 aliphatic heterocycles. The Morgan fingerprint density at radius 2 is 0.429 bits per heavy atom. The van der Waals surface area contributed by atoms with Gasteiger partial charge in [0.25, 0.3) is 0 Å². The van der Waals surface area contributed by atoms with Crippen molar-refractivity contribution in [2.24, 2.45) is 0 Å². The third-order valence-electron chi connectivity index (χ3n) is 1.17. The van der Waals surface area contributed by atoms with Gasteiger partial charge in [0.2, 0.25) is 0 Å². The van der Waals surface area contributed by atoms with Gasteiger partial charge < -0.3 is 0 Å². The fourth-order valence-corrected chi connectivity index (χ4v) is 0. The van der Waals surface area contributed by atoms with Gasteiger partial charge in [0.1, 0.15) is 0 Å². The molecule has 0 fully saturated rings. The van der Waals surface area contributed by atoms with E-state index in [4.69, 9.17) is 59.8 Å². The van der Waals surface area contributed by atoms with Gasteiger partial charge in [-0.05, 0) is 0 Å². The topological polar surface area (TPSA) is 255 Å². The third kappa shape index (κ3) is 25.8. The van der Waals surface area contributed by atoms with E-state index in [0.717, 1.165) is 0 Å². The van der Waals surface area contributed by atoms with Gasteiger partial charge in [-0.15, -0.1) is 0 Å².